The second-order valence-corrected chi connectivity index (χ2v) is 4.44. The zero-order valence-electron chi connectivity index (χ0n) is 11.1. The number of esters is 1. The normalized spacial score (nSPS) is 16.3. The Morgan fingerprint density at radius 1 is 1.18 bits per heavy atom. The summed E-state index contributed by atoms with van der Waals surface area (Å²) >= 11 is 5.64. The van der Waals surface area contributed by atoms with Gasteiger partial charge in [0.25, 0.3) is 0 Å². The monoisotopic (exact) mass is 266 g/mol. The first-order valence-electron chi connectivity index (χ1n) is 5.97. The Hall–Kier alpha value is -0.320. The van der Waals surface area contributed by atoms with E-state index >= 15 is 0 Å². The van der Waals surface area contributed by atoms with Crippen LogP contribution in [0.5, 0.6) is 0 Å². The van der Waals surface area contributed by atoms with Gasteiger partial charge in [-0.2, -0.15) is 0 Å². The van der Waals surface area contributed by atoms with Gasteiger partial charge in [0.1, 0.15) is 6.61 Å². The van der Waals surface area contributed by atoms with Gasteiger partial charge in [-0.15, -0.1) is 11.6 Å². The Morgan fingerprint density at radius 2 is 1.82 bits per heavy atom. The Morgan fingerprint density at radius 3 is 2.35 bits per heavy atom. The summed E-state index contributed by atoms with van der Waals surface area (Å²) in [5.74, 6) is 0.385. The van der Waals surface area contributed by atoms with Gasteiger partial charge in [0.05, 0.1) is 12.7 Å². The van der Waals surface area contributed by atoms with Crippen LogP contribution >= 0.6 is 11.6 Å². The van der Waals surface area contributed by atoms with Crippen LogP contribution in [-0.2, 0) is 19.0 Å². The summed E-state index contributed by atoms with van der Waals surface area (Å²) in [6.07, 6.45) is -0.646. The topological polar surface area (TPSA) is 44.8 Å². The van der Waals surface area contributed by atoms with Crippen molar-refractivity contribution in [3.63, 3.8) is 0 Å². The first-order valence-corrected chi connectivity index (χ1v) is 6.50. The highest BCUT2D eigenvalue weighted by atomic mass is 35.5. The van der Waals surface area contributed by atoms with Gasteiger partial charge in [-0.25, -0.2) is 4.79 Å². The molecular weight excluding hydrogens is 244 g/mol. The lowest BCUT2D eigenvalue weighted by molar-refractivity contribution is -0.160. The van der Waals surface area contributed by atoms with Gasteiger partial charge in [0.2, 0.25) is 0 Å². The Labute approximate surface area is 109 Å². The van der Waals surface area contributed by atoms with E-state index in [1.165, 1.54) is 0 Å². The molecule has 0 radical (unpaired) electrons. The van der Waals surface area contributed by atoms with Crippen molar-refractivity contribution in [2.45, 2.75) is 39.9 Å². The number of hydrogen-bond acceptors (Lipinski definition) is 4. The molecule has 0 bridgehead atoms. The standard InChI is InChI=1S/C12H23ClO4/c1-5-15-10(3)8-17-12(14)11(4)16-7-9(2)6-13/h9-11H,5-8H2,1-4H3. The highest BCUT2D eigenvalue weighted by Gasteiger charge is 2.17. The molecule has 0 fully saturated rings. The molecule has 0 aliphatic rings. The molecule has 0 aliphatic heterocycles. The second kappa shape index (κ2) is 9.68. The van der Waals surface area contributed by atoms with Gasteiger partial charge in [-0.3, -0.25) is 0 Å². The first-order chi connectivity index (χ1) is 8.01. The van der Waals surface area contributed by atoms with Crippen LogP contribution in [0.25, 0.3) is 0 Å². The molecule has 0 heterocycles. The molecule has 0 amide bonds. The van der Waals surface area contributed by atoms with Crippen LogP contribution in [0, 0.1) is 5.92 Å². The minimum Gasteiger partial charge on any atom is -0.461 e. The van der Waals surface area contributed by atoms with Crippen LogP contribution < -0.4 is 0 Å². The molecule has 4 nitrogen and oxygen atoms in total. The Balaban J connectivity index is 3.74. The molecule has 0 aromatic rings. The van der Waals surface area contributed by atoms with Crippen molar-refractivity contribution < 1.29 is 19.0 Å². The van der Waals surface area contributed by atoms with Gasteiger partial charge >= 0.3 is 5.97 Å². The van der Waals surface area contributed by atoms with Gasteiger partial charge < -0.3 is 14.2 Å². The zero-order valence-corrected chi connectivity index (χ0v) is 11.8. The summed E-state index contributed by atoms with van der Waals surface area (Å²) in [6.45, 7) is 8.72. The lowest BCUT2D eigenvalue weighted by atomic mass is 10.2. The van der Waals surface area contributed by atoms with Crippen molar-refractivity contribution in [3.05, 3.63) is 0 Å². The van der Waals surface area contributed by atoms with E-state index in [1.807, 2.05) is 20.8 Å². The minimum atomic E-state index is -0.561. The molecule has 0 rings (SSSR count). The van der Waals surface area contributed by atoms with Crippen molar-refractivity contribution in [3.8, 4) is 0 Å². The number of halogens is 1. The van der Waals surface area contributed by atoms with E-state index in [-0.39, 0.29) is 24.6 Å². The lowest BCUT2D eigenvalue weighted by Gasteiger charge is -2.17. The summed E-state index contributed by atoms with van der Waals surface area (Å²) in [5.41, 5.74) is 0. The average molecular weight is 267 g/mol. The van der Waals surface area contributed by atoms with Crippen LogP contribution in [-0.4, -0.2) is 43.9 Å². The van der Waals surface area contributed by atoms with E-state index in [4.69, 9.17) is 25.8 Å². The fourth-order valence-corrected chi connectivity index (χ4v) is 1.16. The molecule has 0 aromatic carbocycles. The minimum absolute atomic E-state index is 0.0853. The molecular formula is C12H23ClO4. The number of carbonyl (C=O) groups excluding carboxylic acids is 1. The molecule has 3 atom stereocenters. The number of hydrogen-bond donors (Lipinski definition) is 0. The molecule has 0 N–H and O–H groups in total. The van der Waals surface area contributed by atoms with Crippen LogP contribution in [0.4, 0.5) is 0 Å². The number of rotatable bonds is 9. The number of ether oxygens (including phenoxy) is 3. The quantitative estimate of drug-likeness (QED) is 0.474. The largest absolute Gasteiger partial charge is 0.461 e. The lowest BCUT2D eigenvalue weighted by Crippen LogP contribution is -2.28. The van der Waals surface area contributed by atoms with E-state index in [1.54, 1.807) is 6.92 Å². The average Bonchev–Trinajstić information content (AvgIpc) is 2.32. The fraction of sp³-hybridized carbons (Fsp3) is 0.917. The van der Waals surface area contributed by atoms with Crippen molar-refractivity contribution in [1.29, 1.82) is 0 Å². The molecule has 17 heavy (non-hydrogen) atoms. The predicted molar refractivity (Wildman–Crippen MR) is 67.3 cm³/mol. The molecule has 3 unspecified atom stereocenters. The molecule has 0 saturated carbocycles. The smallest absolute Gasteiger partial charge is 0.335 e. The van der Waals surface area contributed by atoms with E-state index < -0.39 is 6.10 Å². The summed E-state index contributed by atoms with van der Waals surface area (Å²) < 4.78 is 15.7. The summed E-state index contributed by atoms with van der Waals surface area (Å²) in [4.78, 5) is 11.5. The summed E-state index contributed by atoms with van der Waals surface area (Å²) in [5, 5.41) is 0. The van der Waals surface area contributed by atoms with Crippen molar-refractivity contribution in [1.82, 2.24) is 0 Å². The SMILES string of the molecule is CCOC(C)COC(=O)C(C)OCC(C)CCl. The van der Waals surface area contributed by atoms with E-state index in [9.17, 15) is 4.79 Å². The van der Waals surface area contributed by atoms with E-state index in [0.29, 0.717) is 19.1 Å². The Kier molecular flexibility index (Phi) is 9.50. The Bertz CT molecular complexity index is 211. The maximum Gasteiger partial charge on any atom is 0.335 e. The van der Waals surface area contributed by atoms with Gasteiger partial charge in [0.15, 0.2) is 6.10 Å². The van der Waals surface area contributed by atoms with E-state index in [2.05, 4.69) is 0 Å². The number of carbonyl (C=O) groups is 1. The highest BCUT2D eigenvalue weighted by Crippen LogP contribution is 2.03. The van der Waals surface area contributed by atoms with Crippen LogP contribution in [0.1, 0.15) is 27.7 Å². The van der Waals surface area contributed by atoms with Crippen molar-refractivity contribution in [2.75, 3.05) is 25.7 Å². The third-order valence-corrected chi connectivity index (χ3v) is 2.66. The maximum absolute atomic E-state index is 11.5. The third kappa shape index (κ3) is 8.41. The molecule has 0 aromatic heterocycles. The third-order valence-electron chi connectivity index (χ3n) is 2.14. The molecule has 5 heteroatoms. The number of alkyl halides is 1. The molecule has 0 spiro atoms. The van der Waals surface area contributed by atoms with Crippen LogP contribution in [0.3, 0.4) is 0 Å². The van der Waals surface area contributed by atoms with Crippen molar-refractivity contribution in [2.24, 2.45) is 5.92 Å². The molecule has 0 aliphatic carbocycles. The van der Waals surface area contributed by atoms with Crippen LogP contribution in [0.15, 0.2) is 0 Å². The molecule has 102 valence electrons. The van der Waals surface area contributed by atoms with Crippen molar-refractivity contribution >= 4 is 17.6 Å². The maximum atomic E-state index is 11.5. The second-order valence-electron chi connectivity index (χ2n) is 4.13. The van der Waals surface area contributed by atoms with Gasteiger partial charge in [-0.05, 0) is 26.7 Å². The van der Waals surface area contributed by atoms with Crippen LogP contribution in [0.2, 0.25) is 0 Å². The summed E-state index contributed by atoms with van der Waals surface area (Å²) in [6, 6.07) is 0. The zero-order chi connectivity index (χ0) is 13.3. The highest BCUT2D eigenvalue weighted by molar-refractivity contribution is 6.18. The summed E-state index contributed by atoms with van der Waals surface area (Å²) in [7, 11) is 0. The first kappa shape index (κ1) is 16.7. The van der Waals surface area contributed by atoms with Gasteiger partial charge in [0, 0.05) is 12.5 Å². The van der Waals surface area contributed by atoms with Gasteiger partial charge in [-0.1, -0.05) is 6.92 Å². The molecule has 0 saturated heterocycles. The predicted octanol–water partition coefficient (Wildman–Crippen LogP) is 2.23. The van der Waals surface area contributed by atoms with E-state index in [0.717, 1.165) is 0 Å². The fourth-order valence-electron chi connectivity index (χ4n) is 1.07.